The van der Waals surface area contributed by atoms with E-state index in [2.05, 4.69) is 15.6 Å². The number of carbonyl (C=O) groups excluding carboxylic acids is 2. The van der Waals surface area contributed by atoms with Crippen LogP contribution >= 0.6 is 11.6 Å². The molecule has 4 rings (SSSR count). The molecule has 2 saturated heterocycles. The minimum Gasteiger partial charge on any atom is -0.386 e. The smallest absolute Gasteiger partial charge is 0.276 e. The molecule has 0 aliphatic carbocycles. The van der Waals surface area contributed by atoms with Crippen LogP contribution in [-0.2, 0) is 9.53 Å². The van der Waals surface area contributed by atoms with E-state index in [1.54, 1.807) is 28.6 Å². The van der Waals surface area contributed by atoms with Gasteiger partial charge in [-0.05, 0) is 57.4 Å². The molecule has 2 aliphatic heterocycles. The van der Waals surface area contributed by atoms with Gasteiger partial charge in [0, 0.05) is 25.0 Å². The maximum atomic E-state index is 13.2. The highest BCUT2D eigenvalue weighted by Crippen LogP contribution is 2.38. The van der Waals surface area contributed by atoms with Gasteiger partial charge in [0.1, 0.15) is 5.60 Å². The van der Waals surface area contributed by atoms with Crippen LogP contribution in [0.15, 0.2) is 24.3 Å². The molecule has 1 spiro atoms. The largest absolute Gasteiger partial charge is 0.386 e. The molecule has 10 heteroatoms. The molecule has 2 aliphatic rings. The summed E-state index contributed by atoms with van der Waals surface area (Å²) in [6, 6.07) is 6.78. The summed E-state index contributed by atoms with van der Waals surface area (Å²) < 4.78 is 7.70. The lowest BCUT2D eigenvalue weighted by Gasteiger charge is -2.50. The van der Waals surface area contributed by atoms with Gasteiger partial charge in [0.25, 0.3) is 5.91 Å². The summed E-state index contributed by atoms with van der Waals surface area (Å²) in [4.78, 5) is 26.5. The van der Waals surface area contributed by atoms with Crippen LogP contribution < -0.4 is 5.32 Å². The average molecular weight is 462 g/mol. The lowest BCUT2D eigenvalue weighted by atomic mass is 9.77. The normalized spacial score (nSPS) is 25.0. The third-order valence-corrected chi connectivity index (χ3v) is 6.76. The summed E-state index contributed by atoms with van der Waals surface area (Å²) in [5.41, 5.74) is 0.166. The summed E-state index contributed by atoms with van der Waals surface area (Å²) in [7, 11) is 0. The number of likely N-dealkylation sites (tertiary alicyclic amines) is 1. The number of nitrogens with zero attached hydrogens (tertiary/aromatic N) is 4. The molecule has 32 heavy (non-hydrogen) atoms. The Hall–Kier alpha value is -2.49. The highest BCUT2D eigenvalue weighted by molar-refractivity contribution is 6.30. The summed E-state index contributed by atoms with van der Waals surface area (Å²) in [5.74, 6) is -0.349. The van der Waals surface area contributed by atoms with Gasteiger partial charge in [-0.25, -0.2) is 4.68 Å². The first-order valence-corrected chi connectivity index (χ1v) is 11.1. The zero-order chi connectivity index (χ0) is 23.1. The van der Waals surface area contributed by atoms with Crippen LogP contribution in [0.25, 0.3) is 5.69 Å². The van der Waals surface area contributed by atoms with Crippen molar-refractivity contribution in [1.29, 1.82) is 0 Å². The number of piperidine rings is 1. The Balaban J connectivity index is 1.44. The topological polar surface area (TPSA) is 110 Å². The third-order valence-electron chi connectivity index (χ3n) is 6.51. The number of aliphatic hydroxyl groups is 1. The number of halogens is 1. The van der Waals surface area contributed by atoms with Gasteiger partial charge in [0.05, 0.1) is 29.6 Å². The zero-order valence-electron chi connectivity index (χ0n) is 18.5. The Bertz CT molecular complexity index is 1010. The molecule has 0 radical (unpaired) electrons. The molecule has 0 unspecified atom stereocenters. The summed E-state index contributed by atoms with van der Waals surface area (Å²) in [5, 5.41) is 22.4. The second kappa shape index (κ2) is 8.46. The standard InChI is InChI=1S/C22H28ClN5O4/c1-14-19(25-26-28(14)17-6-4-16(23)5-7-17)20(30)27-10-8-22(9-11-27)12-18(24-15(2)29)21(3,31)13-32-22/h4-7,18,31H,8-13H2,1-3H3,(H,24,29)/t18-,21-/m0/s1. The van der Waals surface area contributed by atoms with Crippen molar-refractivity contribution in [2.75, 3.05) is 19.7 Å². The maximum Gasteiger partial charge on any atom is 0.276 e. The van der Waals surface area contributed by atoms with Gasteiger partial charge in [-0.1, -0.05) is 16.8 Å². The van der Waals surface area contributed by atoms with Crippen molar-refractivity contribution in [3.63, 3.8) is 0 Å². The molecule has 1 aromatic carbocycles. The van der Waals surface area contributed by atoms with Crippen molar-refractivity contribution in [3.8, 4) is 5.69 Å². The Morgan fingerprint density at radius 2 is 1.91 bits per heavy atom. The van der Waals surface area contributed by atoms with E-state index < -0.39 is 17.2 Å². The molecular weight excluding hydrogens is 434 g/mol. The SMILES string of the molecule is CC(=O)N[C@H]1CC2(CCN(C(=O)c3nnn(-c4ccc(Cl)cc4)c3C)CC2)OC[C@]1(C)O. The van der Waals surface area contributed by atoms with Crippen molar-refractivity contribution in [2.24, 2.45) is 0 Å². The van der Waals surface area contributed by atoms with Crippen molar-refractivity contribution in [3.05, 3.63) is 40.7 Å². The van der Waals surface area contributed by atoms with Crippen molar-refractivity contribution < 1.29 is 19.4 Å². The number of hydrogen-bond acceptors (Lipinski definition) is 6. The molecule has 0 saturated carbocycles. The van der Waals surface area contributed by atoms with Crippen molar-refractivity contribution in [1.82, 2.24) is 25.2 Å². The molecule has 3 heterocycles. The predicted molar refractivity (Wildman–Crippen MR) is 118 cm³/mol. The lowest BCUT2D eigenvalue weighted by molar-refractivity contribution is -0.191. The molecule has 2 fully saturated rings. The Morgan fingerprint density at radius 3 is 2.53 bits per heavy atom. The Labute approximate surface area is 191 Å². The molecule has 172 valence electrons. The third kappa shape index (κ3) is 4.37. The minimum atomic E-state index is -1.12. The monoisotopic (exact) mass is 461 g/mol. The minimum absolute atomic E-state index is 0.139. The van der Waals surface area contributed by atoms with Crippen LogP contribution in [0, 0.1) is 6.92 Å². The van der Waals surface area contributed by atoms with Crippen molar-refractivity contribution in [2.45, 2.75) is 57.3 Å². The van der Waals surface area contributed by atoms with E-state index in [-0.39, 0.29) is 18.4 Å². The zero-order valence-corrected chi connectivity index (χ0v) is 19.2. The molecule has 0 bridgehead atoms. The van der Waals surface area contributed by atoms with Gasteiger partial charge >= 0.3 is 0 Å². The molecule has 2 N–H and O–H groups in total. The molecule has 1 aromatic heterocycles. The van der Waals surface area contributed by atoms with Crippen LogP contribution in [0.4, 0.5) is 0 Å². The molecule has 2 amide bonds. The van der Waals surface area contributed by atoms with Gasteiger partial charge in [0.15, 0.2) is 5.69 Å². The van der Waals surface area contributed by atoms with E-state index in [1.807, 2.05) is 19.1 Å². The number of ether oxygens (including phenoxy) is 1. The van der Waals surface area contributed by atoms with Crippen LogP contribution in [0.5, 0.6) is 0 Å². The van der Waals surface area contributed by atoms with Crippen LogP contribution in [0.1, 0.15) is 49.3 Å². The molecule has 2 atom stereocenters. The van der Waals surface area contributed by atoms with Crippen molar-refractivity contribution >= 4 is 23.4 Å². The second-order valence-electron chi connectivity index (χ2n) is 8.99. The fraction of sp³-hybridized carbons (Fsp3) is 0.545. The first-order valence-electron chi connectivity index (χ1n) is 10.7. The van der Waals surface area contributed by atoms with Crippen LogP contribution in [0.2, 0.25) is 5.02 Å². The number of carbonyl (C=O) groups is 2. The summed E-state index contributed by atoms with van der Waals surface area (Å²) in [6.07, 6.45) is 1.75. The average Bonchev–Trinajstić information content (AvgIpc) is 3.13. The number of benzene rings is 1. The second-order valence-corrected chi connectivity index (χ2v) is 9.43. The first-order chi connectivity index (χ1) is 15.1. The number of rotatable bonds is 3. The molecular formula is C22H28ClN5O4. The van der Waals surface area contributed by atoms with Crippen LogP contribution in [0.3, 0.4) is 0 Å². The van der Waals surface area contributed by atoms with Crippen LogP contribution in [-0.4, -0.2) is 73.8 Å². The highest BCUT2D eigenvalue weighted by Gasteiger charge is 2.49. The maximum absolute atomic E-state index is 13.2. The molecule has 2 aromatic rings. The number of nitrogens with one attached hydrogen (secondary N) is 1. The quantitative estimate of drug-likeness (QED) is 0.722. The number of hydrogen-bond donors (Lipinski definition) is 2. The first kappa shape index (κ1) is 22.7. The van der Waals surface area contributed by atoms with E-state index in [9.17, 15) is 14.7 Å². The predicted octanol–water partition coefficient (Wildman–Crippen LogP) is 1.88. The van der Waals surface area contributed by atoms with Gasteiger partial charge in [-0.2, -0.15) is 0 Å². The number of amides is 2. The van der Waals surface area contributed by atoms with Gasteiger partial charge in [-0.3, -0.25) is 9.59 Å². The van der Waals surface area contributed by atoms with Gasteiger partial charge < -0.3 is 20.1 Å². The Morgan fingerprint density at radius 1 is 1.25 bits per heavy atom. The lowest BCUT2D eigenvalue weighted by Crippen LogP contribution is -2.64. The van der Waals surface area contributed by atoms with E-state index in [0.29, 0.717) is 48.8 Å². The summed E-state index contributed by atoms with van der Waals surface area (Å²) >= 11 is 5.96. The number of aromatic nitrogens is 3. The van der Waals surface area contributed by atoms with E-state index in [4.69, 9.17) is 16.3 Å². The van der Waals surface area contributed by atoms with E-state index >= 15 is 0 Å². The fourth-order valence-electron chi connectivity index (χ4n) is 4.47. The van der Waals surface area contributed by atoms with E-state index in [0.717, 1.165) is 5.69 Å². The Kier molecular flexibility index (Phi) is 6.00. The molecule has 9 nitrogen and oxygen atoms in total. The summed E-state index contributed by atoms with van der Waals surface area (Å²) in [6.45, 7) is 6.07. The fourth-order valence-corrected chi connectivity index (χ4v) is 4.60. The van der Waals surface area contributed by atoms with E-state index in [1.165, 1.54) is 6.92 Å². The highest BCUT2D eigenvalue weighted by atomic mass is 35.5. The van der Waals surface area contributed by atoms with Gasteiger partial charge in [0.2, 0.25) is 5.91 Å². The van der Waals surface area contributed by atoms with Gasteiger partial charge in [-0.15, -0.1) is 5.10 Å².